The number of carbonyl (C=O) groups excluding carboxylic acids is 1. The number of carbonyl (C=O) groups is 1. The van der Waals surface area contributed by atoms with E-state index in [1.807, 2.05) is 11.9 Å². The summed E-state index contributed by atoms with van der Waals surface area (Å²) in [5.74, 6) is 0.220. The van der Waals surface area contributed by atoms with Crippen molar-refractivity contribution in [2.24, 2.45) is 0 Å². The Kier molecular flexibility index (Phi) is 3.78. The lowest BCUT2D eigenvalue weighted by molar-refractivity contribution is -0.140. The predicted molar refractivity (Wildman–Crippen MR) is 62.4 cm³/mol. The van der Waals surface area contributed by atoms with Gasteiger partial charge in [-0.2, -0.15) is 5.12 Å². The van der Waals surface area contributed by atoms with Crippen LogP contribution in [0.5, 0.6) is 0 Å². The standard InChI is InChI=1S/C11H22N4O/c1-10-5-3-8-15(12-10)14-7-4-6-13(2)11(16)9-14/h10,12H,3-9H2,1-2H3. The first-order valence-corrected chi connectivity index (χ1v) is 6.19. The van der Waals surface area contributed by atoms with Gasteiger partial charge in [0.15, 0.2) is 0 Å². The summed E-state index contributed by atoms with van der Waals surface area (Å²) in [5, 5.41) is 4.30. The van der Waals surface area contributed by atoms with E-state index in [0.717, 1.165) is 26.1 Å². The van der Waals surface area contributed by atoms with Gasteiger partial charge in [0.05, 0.1) is 6.54 Å². The van der Waals surface area contributed by atoms with Gasteiger partial charge in [0.2, 0.25) is 5.91 Å². The number of nitrogens with zero attached hydrogens (tertiary/aromatic N) is 3. The topological polar surface area (TPSA) is 38.8 Å². The van der Waals surface area contributed by atoms with Crippen molar-refractivity contribution in [1.82, 2.24) is 20.5 Å². The number of nitrogens with one attached hydrogen (secondary N) is 1. The largest absolute Gasteiger partial charge is 0.345 e. The Balaban J connectivity index is 1.95. The van der Waals surface area contributed by atoms with Gasteiger partial charge in [0.1, 0.15) is 0 Å². The summed E-state index contributed by atoms with van der Waals surface area (Å²) >= 11 is 0. The minimum Gasteiger partial charge on any atom is -0.345 e. The highest BCUT2D eigenvalue weighted by Crippen LogP contribution is 2.11. The van der Waals surface area contributed by atoms with E-state index in [4.69, 9.17) is 0 Å². The SMILES string of the molecule is CC1CCCN(N2CCCN(C)C(=O)C2)N1. The Morgan fingerprint density at radius 1 is 1.25 bits per heavy atom. The van der Waals surface area contributed by atoms with Crippen molar-refractivity contribution in [3.8, 4) is 0 Å². The molecule has 16 heavy (non-hydrogen) atoms. The molecular weight excluding hydrogens is 204 g/mol. The van der Waals surface area contributed by atoms with Crippen molar-refractivity contribution in [3.63, 3.8) is 0 Å². The molecule has 2 saturated heterocycles. The van der Waals surface area contributed by atoms with E-state index in [1.165, 1.54) is 12.8 Å². The van der Waals surface area contributed by atoms with Crippen LogP contribution in [0.25, 0.3) is 0 Å². The fourth-order valence-electron chi connectivity index (χ4n) is 2.33. The Labute approximate surface area is 97.3 Å². The second-order valence-corrected chi connectivity index (χ2v) is 4.85. The van der Waals surface area contributed by atoms with Gasteiger partial charge in [-0.1, -0.05) is 0 Å². The minimum absolute atomic E-state index is 0.220. The second kappa shape index (κ2) is 5.12. The van der Waals surface area contributed by atoms with E-state index < -0.39 is 0 Å². The molecule has 1 N–H and O–H groups in total. The van der Waals surface area contributed by atoms with Gasteiger partial charge in [0.25, 0.3) is 0 Å². The van der Waals surface area contributed by atoms with Crippen molar-refractivity contribution in [2.45, 2.75) is 32.2 Å². The molecule has 0 bridgehead atoms. The van der Waals surface area contributed by atoms with E-state index >= 15 is 0 Å². The number of hydrazine groups is 2. The van der Waals surface area contributed by atoms with Crippen LogP contribution in [0, 0.1) is 0 Å². The highest BCUT2D eigenvalue weighted by atomic mass is 16.2. The maximum absolute atomic E-state index is 11.8. The summed E-state index contributed by atoms with van der Waals surface area (Å²) in [7, 11) is 1.89. The van der Waals surface area contributed by atoms with Gasteiger partial charge >= 0.3 is 0 Å². The van der Waals surface area contributed by atoms with Crippen LogP contribution in [0.2, 0.25) is 0 Å². The molecule has 2 aliphatic heterocycles. The van der Waals surface area contributed by atoms with Gasteiger partial charge in [-0.25, -0.2) is 10.4 Å². The Morgan fingerprint density at radius 3 is 2.81 bits per heavy atom. The smallest absolute Gasteiger partial charge is 0.238 e. The minimum atomic E-state index is 0.220. The third-order valence-electron chi connectivity index (χ3n) is 3.37. The fourth-order valence-corrected chi connectivity index (χ4v) is 2.33. The van der Waals surface area contributed by atoms with Crippen LogP contribution in [0.4, 0.5) is 0 Å². The van der Waals surface area contributed by atoms with Crippen LogP contribution in [0.1, 0.15) is 26.2 Å². The molecule has 1 amide bonds. The van der Waals surface area contributed by atoms with E-state index in [9.17, 15) is 4.79 Å². The van der Waals surface area contributed by atoms with Crippen LogP contribution < -0.4 is 5.43 Å². The molecule has 5 nitrogen and oxygen atoms in total. The highest BCUT2D eigenvalue weighted by Gasteiger charge is 2.26. The maximum atomic E-state index is 11.8. The molecule has 0 spiro atoms. The Bertz CT molecular complexity index is 258. The fraction of sp³-hybridized carbons (Fsp3) is 0.909. The summed E-state index contributed by atoms with van der Waals surface area (Å²) in [5.41, 5.74) is 3.44. The Hall–Kier alpha value is -0.650. The molecule has 2 rings (SSSR count). The van der Waals surface area contributed by atoms with E-state index in [1.54, 1.807) is 0 Å². The first-order valence-electron chi connectivity index (χ1n) is 6.19. The number of rotatable bonds is 1. The van der Waals surface area contributed by atoms with Crippen LogP contribution in [0.15, 0.2) is 0 Å². The van der Waals surface area contributed by atoms with E-state index in [2.05, 4.69) is 22.5 Å². The second-order valence-electron chi connectivity index (χ2n) is 4.85. The Morgan fingerprint density at radius 2 is 2.06 bits per heavy atom. The van der Waals surface area contributed by atoms with Gasteiger partial charge in [-0.05, 0) is 26.2 Å². The summed E-state index contributed by atoms with van der Waals surface area (Å²) in [6.07, 6.45) is 3.47. The molecule has 0 aromatic carbocycles. The van der Waals surface area contributed by atoms with Crippen LogP contribution in [-0.4, -0.2) is 60.2 Å². The third kappa shape index (κ3) is 2.72. The highest BCUT2D eigenvalue weighted by molar-refractivity contribution is 5.78. The first kappa shape index (κ1) is 11.8. The monoisotopic (exact) mass is 226 g/mol. The molecule has 2 heterocycles. The van der Waals surface area contributed by atoms with Crippen LogP contribution in [-0.2, 0) is 4.79 Å². The third-order valence-corrected chi connectivity index (χ3v) is 3.37. The summed E-state index contributed by atoms with van der Waals surface area (Å²) in [4.78, 5) is 13.6. The number of hydrogen-bond acceptors (Lipinski definition) is 4. The molecule has 0 aliphatic carbocycles. The lowest BCUT2D eigenvalue weighted by atomic mass is 10.1. The molecule has 1 unspecified atom stereocenters. The zero-order valence-electron chi connectivity index (χ0n) is 10.3. The van der Waals surface area contributed by atoms with E-state index in [0.29, 0.717) is 12.6 Å². The molecule has 0 aromatic rings. The van der Waals surface area contributed by atoms with Gasteiger partial charge in [-0.3, -0.25) is 4.79 Å². The molecule has 0 radical (unpaired) electrons. The van der Waals surface area contributed by atoms with Crippen molar-refractivity contribution in [3.05, 3.63) is 0 Å². The quantitative estimate of drug-likeness (QED) is 0.686. The molecule has 0 saturated carbocycles. The van der Waals surface area contributed by atoms with Gasteiger partial charge in [0, 0.05) is 32.7 Å². The number of amides is 1. The zero-order chi connectivity index (χ0) is 11.5. The lowest BCUT2D eigenvalue weighted by Crippen LogP contribution is -2.58. The van der Waals surface area contributed by atoms with Crippen LogP contribution >= 0.6 is 0 Å². The zero-order valence-corrected chi connectivity index (χ0v) is 10.3. The van der Waals surface area contributed by atoms with Crippen molar-refractivity contribution in [1.29, 1.82) is 0 Å². The molecule has 2 aliphatic rings. The summed E-state index contributed by atoms with van der Waals surface area (Å²) in [6.45, 7) is 5.56. The van der Waals surface area contributed by atoms with Gasteiger partial charge in [-0.15, -0.1) is 0 Å². The maximum Gasteiger partial charge on any atom is 0.238 e. The van der Waals surface area contributed by atoms with E-state index in [-0.39, 0.29) is 5.91 Å². The van der Waals surface area contributed by atoms with Crippen molar-refractivity contribution < 1.29 is 4.79 Å². The normalized spacial score (nSPS) is 30.5. The molecule has 5 heteroatoms. The molecule has 0 aromatic heterocycles. The van der Waals surface area contributed by atoms with Gasteiger partial charge < -0.3 is 4.90 Å². The average Bonchev–Trinajstić information content (AvgIpc) is 2.42. The number of hydrogen-bond donors (Lipinski definition) is 1. The number of likely N-dealkylation sites (N-methyl/N-ethyl adjacent to an activating group) is 1. The summed E-state index contributed by atoms with van der Waals surface area (Å²) in [6, 6.07) is 0.518. The average molecular weight is 226 g/mol. The molecule has 1 atom stereocenters. The first-order chi connectivity index (χ1) is 7.66. The summed E-state index contributed by atoms with van der Waals surface area (Å²) < 4.78 is 0. The molecule has 2 fully saturated rings. The lowest BCUT2D eigenvalue weighted by Gasteiger charge is -2.39. The molecular formula is C11H22N4O. The molecule has 92 valence electrons. The van der Waals surface area contributed by atoms with Crippen LogP contribution in [0.3, 0.4) is 0 Å². The predicted octanol–water partition coefficient (Wildman–Crippen LogP) is 0.0544. The van der Waals surface area contributed by atoms with Crippen molar-refractivity contribution in [2.75, 3.05) is 33.2 Å². The van der Waals surface area contributed by atoms with Crippen molar-refractivity contribution >= 4 is 5.91 Å².